The molecular weight excluding hydrogens is 296 g/mol. The molecule has 0 amide bonds. The second-order valence-corrected chi connectivity index (χ2v) is 6.14. The average molecular weight is 308 g/mol. The summed E-state index contributed by atoms with van der Waals surface area (Å²) in [6.45, 7) is 0. The first kappa shape index (κ1) is 12.1. The normalized spacial score (nSPS) is 12.2. The van der Waals surface area contributed by atoms with Gasteiger partial charge >= 0.3 is 0 Å². The van der Waals surface area contributed by atoms with E-state index in [1.165, 1.54) is 16.2 Å². The summed E-state index contributed by atoms with van der Waals surface area (Å²) in [6, 6.07) is 18.7. The zero-order valence-electron chi connectivity index (χ0n) is 12.7. The molecule has 0 radical (unpaired) electrons. The highest BCUT2D eigenvalue weighted by Gasteiger charge is 2.18. The van der Waals surface area contributed by atoms with Crippen LogP contribution in [0.25, 0.3) is 54.5 Å². The van der Waals surface area contributed by atoms with Crippen molar-refractivity contribution in [3.8, 4) is 0 Å². The van der Waals surface area contributed by atoms with Crippen molar-refractivity contribution in [1.82, 2.24) is 9.97 Å². The summed E-state index contributed by atoms with van der Waals surface area (Å²) < 4.78 is 6.24. The highest BCUT2D eigenvalue weighted by molar-refractivity contribution is 6.34. The Balaban J connectivity index is 2.07. The minimum atomic E-state index is 0.905. The molecule has 24 heavy (non-hydrogen) atoms. The average Bonchev–Trinajstić information content (AvgIpc) is 3.21. The quantitative estimate of drug-likeness (QED) is 0.387. The summed E-state index contributed by atoms with van der Waals surface area (Å²) in [5.41, 5.74) is 3.99. The van der Waals surface area contributed by atoms with Crippen molar-refractivity contribution in [1.29, 1.82) is 0 Å². The molecule has 1 N–H and O–H groups in total. The lowest BCUT2D eigenvalue weighted by molar-refractivity contribution is 0.672. The molecule has 0 atom stereocenters. The number of benzene rings is 3. The third-order valence-corrected chi connectivity index (χ3v) is 4.89. The number of hydrogen-bond acceptors (Lipinski definition) is 2. The number of para-hydroxylation sites is 2. The van der Waals surface area contributed by atoms with Gasteiger partial charge < -0.3 is 9.40 Å². The molecular formula is C21H12N2O. The van der Waals surface area contributed by atoms with Gasteiger partial charge in [0.25, 0.3) is 0 Å². The number of pyridine rings is 1. The van der Waals surface area contributed by atoms with E-state index in [0.29, 0.717) is 0 Å². The van der Waals surface area contributed by atoms with Gasteiger partial charge in [0.2, 0.25) is 0 Å². The summed E-state index contributed by atoms with van der Waals surface area (Å²) >= 11 is 0. The Labute approximate surface area is 136 Å². The van der Waals surface area contributed by atoms with Crippen LogP contribution < -0.4 is 0 Å². The van der Waals surface area contributed by atoms with Crippen LogP contribution in [0.4, 0.5) is 0 Å². The maximum Gasteiger partial charge on any atom is 0.160 e. The molecule has 0 aliphatic heterocycles. The van der Waals surface area contributed by atoms with E-state index in [0.717, 1.165) is 38.4 Å². The van der Waals surface area contributed by atoms with Crippen LogP contribution in [0.2, 0.25) is 0 Å². The largest absolute Gasteiger partial charge is 0.454 e. The summed E-state index contributed by atoms with van der Waals surface area (Å²) in [6.07, 6.45) is 3.80. The van der Waals surface area contributed by atoms with Gasteiger partial charge in [-0.1, -0.05) is 36.4 Å². The van der Waals surface area contributed by atoms with Gasteiger partial charge in [0.1, 0.15) is 5.58 Å². The molecule has 3 heterocycles. The van der Waals surface area contributed by atoms with Gasteiger partial charge in [-0.25, -0.2) is 0 Å². The van der Waals surface area contributed by atoms with E-state index in [1.807, 2.05) is 24.5 Å². The maximum atomic E-state index is 6.24. The van der Waals surface area contributed by atoms with Crippen molar-refractivity contribution in [2.75, 3.05) is 0 Å². The zero-order chi connectivity index (χ0) is 15.7. The number of nitrogens with zero attached hydrogens (tertiary/aromatic N) is 1. The van der Waals surface area contributed by atoms with Crippen LogP contribution >= 0.6 is 0 Å². The highest BCUT2D eigenvalue weighted by atomic mass is 16.3. The number of H-pyrrole nitrogens is 1. The van der Waals surface area contributed by atoms with Crippen LogP contribution in [-0.2, 0) is 0 Å². The van der Waals surface area contributed by atoms with Crippen LogP contribution in [0.1, 0.15) is 0 Å². The van der Waals surface area contributed by atoms with E-state index in [9.17, 15) is 0 Å². The van der Waals surface area contributed by atoms with Crippen LogP contribution in [0, 0.1) is 0 Å². The summed E-state index contributed by atoms with van der Waals surface area (Å²) in [7, 11) is 0. The Kier molecular flexibility index (Phi) is 2.10. The molecule has 0 aliphatic rings. The van der Waals surface area contributed by atoms with Gasteiger partial charge in [0, 0.05) is 44.8 Å². The molecule has 0 spiro atoms. The van der Waals surface area contributed by atoms with Crippen molar-refractivity contribution in [2.24, 2.45) is 0 Å². The number of nitrogens with one attached hydrogen (secondary N) is 1. The number of hydrogen-bond donors (Lipinski definition) is 1. The fourth-order valence-electron chi connectivity index (χ4n) is 3.89. The monoisotopic (exact) mass is 308 g/mol. The first-order valence-corrected chi connectivity index (χ1v) is 7.99. The smallest absolute Gasteiger partial charge is 0.160 e. The molecule has 3 heteroatoms. The van der Waals surface area contributed by atoms with Gasteiger partial charge in [-0.2, -0.15) is 0 Å². The van der Waals surface area contributed by atoms with E-state index in [1.54, 1.807) is 0 Å². The number of aromatic nitrogens is 2. The van der Waals surface area contributed by atoms with E-state index in [2.05, 4.69) is 52.4 Å². The van der Waals surface area contributed by atoms with Crippen LogP contribution in [0.15, 0.2) is 71.4 Å². The zero-order valence-corrected chi connectivity index (χ0v) is 12.7. The van der Waals surface area contributed by atoms with Crippen molar-refractivity contribution >= 4 is 54.5 Å². The second-order valence-electron chi connectivity index (χ2n) is 6.14. The molecule has 112 valence electrons. The molecule has 0 saturated heterocycles. The molecule has 3 nitrogen and oxygen atoms in total. The van der Waals surface area contributed by atoms with E-state index < -0.39 is 0 Å². The van der Waals surface area contributed by atoms with Crippen LogP contribution in [0.3, 0.4) is 0 Å². The molecule has 3 aromatic carbocycles. The van der Waals surface area contributed by atoms with Gasteiger partial charge in [-0.3, -0.25) is 4.98 Å². The molecule has 0 unspecified atom stereocenters. The topological polar surface area (TPSA) is 41.8 Å². The number of fused-ring (bicyclic) bond motifs is 10. The van der Waals surface area contributed by atoms with Gasteiger partial charge in [-0.15, -0.1) is 0 Å². The standard InChI is InChI=1S/C21H12N2O/c1-3-7-16-13(5-1)18-12-9-10-22-11-15(12)19-14-6-2-4-8-17(14)24-21(19)20(18)23-16/h1-11,23H. The summed E-state index contributed by atoms with van der Waals surface area (Å²) in [5, 5.41) is 7.02. The third-order valence-electron chi connectivity index (χ3n) is 4.89. The Morgan fingerprint density at radius 1 is 0.750 bits per heavy atom. The summed E-state index contributed by atoms with van der Waals surface area (Å²) in [5.74, 6) is 0. The fraction of sp³-hybridized carbons (Fsp3) is 0. The predicted molar refractivity (Wildman–Crippen MR) is 98.4 cm³/mol. The first-order valence-electron chi connectivity index (χ1n) is 7.99. The molecule has 6 aromatic rings. The fourth-order valence-corrected chi connectivity index (χ4v) is 3.89. The molecule has 6 rings (SSSR count). The lowest BCUT2D eigenvalue weighted by Gasteiger charge is -2.02. The van der Waals surface area contributed by atoms with Gasteiger partial charge in [0.05, 0.1) is 5.52 Å². The molecule has 3 aromatic heterocycles. The lowest BCUT2D eigenvalue weighted by atomic mass is 10.0. The molecule has 0 aliphatic carbocycles. The van der Waals surface area contributed by atoms with Crippen molar-refractivity contribution in [3.05, 3.63) is 67.0 Å². The SMILES string of the molecule is c1ccc2c(c1)[nH]c1c3oc4ccccc4c3c3cnccc3c21. The number of rotatable bonds is 0. The maximum absolute atomic E-state index is 6.24. The van der Waals surface area contributed by atoms with E-state index in [-0.39, 0.29) is 0 Å². The molecule has 0 bridgehead atoms. The Morgan fingerprint density at radius 2 is 1.58 bits per heavy atom. The van der Waals surface area contributed by atoms with E-state index >= 15 is 0 Å². The second kappa shape index (κ2) is 4.15. The van der Waals surface area contributed by atoms with Crippen molar-refractivity contribution < 1.29 is 4.42 Å². The Morgan fingerprint density at radius 3 is 2.54 bits per heavy atom. The third kappa shape index (κ3) is 1.35. The van der Waals surface area contributed by atoms with Crippen molar-refractivity contribution in [2.45, 2.75) is 0 Å². The summed E-state index contributed by atoms with van der Waals surface area (Å²) in [4.78, 5) is 7.93. The number of furan rings is 1. The van der Waals surface area contributed by atoms with Crippen LogP contribution in [0.5, 0.6) is 0 Å². The van der Waals surface area contributed by atoms with Gasteiger partial charge in [0.15, 0.2) is 5.58 Å². The van der Waals surface area contributed by atoms with Crippen molar-refractivity contribution in [3.63, 3.8) is 0 Å². The Bertz CT molecular complexity index is 1300. The number of aromatic amines is 1. The minimum absolute atomic E-state index is 0.905. The first-order chi connectivity index (χ1) is 11.9. The minimum Gasteiger partial charge on any atom is -0.454 e. The van der Waals surface area contributed by atoms with E-state index in [4.69, 9.17) is 4.42 Å². The highest BCUT2D eigenvalue weighted by Crippen LogP contribution is 2.42. The predicted octanol–water partition coefficient (Wildman–Crippen LogP) is 5.77. The Hall–Kier alpha value is -3.33. The lowest BCUT2D eigenvalue weighted by Crippen LogP contribution is -1.80. The van der Waals surface area contributed by atoms with Gasteiger partial charge in [-0.05, 0) is 23.6 Å². The molecule has 0 saturated carbocycles. The van der Waals surface area contributed by atoms with Crippen LogP contribution in [-0.4, -0.2) is 9.97 Å². The molecule has 0 fully saturated rings.